The van der Waals surface area contributed by atoms with Crippen molar-refractivity contribution in [2.75, 3.05) is 5.32 Å². The molecule has 0 radical (unpaired) electrons. The summed E-state index contributed by atoms with van der Waals surface area (Å²) in [5.41, 5.74) is 1.25. The molecule has 24 heavy (non-hydrogen) atoms. The zero-order valence-corrected chi connectivity index (χ0v) is 12.5. The monoisotopic (exact) mass is 332 g/mol. The van der Waals surface area contributed by atoms with Crippen LogP contribution in [-0.2, 0) is 9.63 Å². The highest BCUT2D eigenvalue weighted by Crippen LogP contribution is 2.29. The second-order valence-electron chi connectivity index (χ2n) is 5.08. The van der Waals surface area contributed by atoms with E-state index >= 15 is 0 Å². The van der Waals surface area contributed by atoms with E-state index < -0.39 is 12.5 Å². The number of para-hydroxylation sites is 2. The van der Waals surface area contributed by atoms with Gasteiger partial charge < -0.3 is 14.9 Å². The number of ether oxygens (including phenoxy) is 1. The summed E-state index contributed by atoms with van der Waals surface area (Å²) in [6.45, 7) is -2.97. The Morgan fingerprint density at radius 3 is 2.62 bits per heavy atom. The van der Waals surface area contributed by atoms with Crippen LogP contribution in [0.3, 0.4) is 0 Å². The normalized spacial score (nSPS) is 16.5. The number of alkyl halides is 2. The number of hydrogen-bond acceptors (Lipinski definition) is 4. The fourth-order valence-electron chi connectivity index (χ4n) is 2.32. The quantitative estimate of drug-likeness (QED) is 0.907. The van der Waals surface area contributed by atoms with Crippen molar-refractivity contribution in [2.24, 2.45) is 5.16 Å². The third-order valence-electron chi connectivity index (χ3n) is 3.45. The molecule has 3 rings (SSSR count). The van der Waals surface area contributed by atoms with Crippen molar-refractivity contribution < 1.29 is 23.1 Å². The topological polar surface area (TPSA) is 59.9 Å². The number of carbonyl (C=O) groups is 1. The van der Waals surface area contributed by atoms with E-state index in [0.717, 1.165) is 5.56 Å². The van der Waals surface area contributed by atoms with Crippen molar-refractivity contribution in [1.82, 2.24) is 0 Å². The van der Waals surface area contributed by atoms with Crippen LogP contribution in [0.15, 0.2) is 59.8 Å². The molecule has 124 valence electrons. The largest absolute Gasteiger partial charge is 0.433 e. The highest BCUT2D eigenvalue weighted by molar-refractivity contribution is 6.43. The van der Waals surface area contributed by atoms with Crippen LogP contribution in [-0.4, -0.2) is 18.2 Å². The van der Waals surface area contributed by atoms with Crippen LogP contribution in [0.2, 0.25) is 0 Å². The fraction of sp³-hybridized carbons (Fsp3) is 0.176. The van der Waals surface area contributed by atoms with Crippen molar-refractivity contribution in [3.63, 3.8) is 0 Å². The predicted molar refractivity (Wildman–Crippen MR) is 84.0 cm³/mol. The first-order chi connectivity index (χ1) is 11.6. The Morgan fingerprint density at radius 1 is 1.17 bits per heavy atom. The van der Waals surface area contributed by atoms with E-state index in [-0.39, 0.29) is 23.3 Å². The van der Waals surface area contributed by atoms with Gasteiger partial charge in [-0.25, -0.2) is 0 Å². The van der Waals surface area contributed by atoms with Crippen LogP contribution in [0, 0.1) is 0 Å². The summed E-state index contributed by atoms with van der Waals surface area (Å²) in [5, 5.41) is 6.32. The highest BCUT2D eigenvalue weighted by atomic mass is 19.3. The minimum absolute atomic E-state index is 0.111. The summed E-state index contributed by atoms with van der Waals surface area (Å²) in [7, 11) is 0. The Hall–Kier alpha value is -2.96. The minimum atomic E-state index is -2.97. The van der Waals surface area contributed by atoms with E-state index in [1.54, 1.807) is 6.07 Å². The summed E-state index contributed by atoms with van der Waals surface area (Å²) < 4.78 is 29.2. The van der Waals surface area contributed by atoms with Crippen LogP contribution in [0.25, 0.3) is 0 Å². The number of carbonyl (C=O) groups excluding carboxylic acids is 1. The molecule has 1 unspecified atom stereocenters. The van der Waals surface area contributed by atoms with Gasteiger partial charge >= 0.3 is 6.61 Å². The number of nitrogens with zero attached hydrogens (tertiary/aromatic N) is 1. The molecule has 0 saturated carbocycles. The van der Waals surface area contributed by atoms with Crippen molar-refractivity contribution in [3.8, 4) is 5.75 Å². The Balaban J connectivity index is 1.66. The van der Waals surface area contributed by atoms with Crippen molar-refractivity contribution in [3.05, 3.63) is 60.2 Å². The molecular formula is C17H14F2N2O3. The molecule has 1 aliphatic rings. The lowest BCUT2D eigenvalue weighted by atomic mass is 10.0. The van der Waals surface area contributed by atoms with E-state index in [1.807, 2.05) is 30.3 Å². The molecule has 0 saturated heterocycles. The van der Waals surface area contributed by atoms with Gasteiger partial charge in [0, 0.05) is 6.42 Å². The molecule has 2 aromatic carbocycles. The second kappa shape index (κ2) is 7.08. The van der Waals surface area contributed by atoms with Gasteiger partial charge in [0.1, 0.15) is 11.5 Å². The van der Waals surface area contributed by atoms with Gasteiger partial charge in [0.25, 0.3) is 5.91 Å². The van der Waals surface area contributed by atoms with E-state index in [9.17, 15) is 13.6 Å². The first-order valence-corrected chi connectivity index (χ1v) is 7.26. The van der Waals surface area contributed by atoms with Gasteiger partial charge in [-0.3, -0.25) is 4.79 Å². The summed E-state index contributed by atoms with van der Waals surface area (Å²) in [4.78, 5) is 17.5. The summed E-state index contributed by atoms with van der Waals surface area (Å²) >= 11 is 0. The van der Waals surface area contributed by atoms with Crippen molar-refractivity contribution >= 4 is 17.3 Å². The van der Waals surface area contributed by atoms with Crippen LogP contribution in [0.4, 0.5) is 14.5 Å². The SMILES string of the molecule is O=C(Nc1ccccc1OC(F)F)C1=NOC(c2ccccc2)C1. The molecule has 1 atom stereocenters. The van der Waals surface area contributed by atoms with E-state index in [1.165, 1.54) is 18.2 Å². The second-order valence-corrected chi connectivity index (χ2v) is 5.08. The smallest absolute Gasteiger partial charge is 0.387 e. The number of benzene rings is 2. The van der Waals surface area contributed by atoms with Gasteiger partial charge in [-0.05, 0) is 17.7 Å². The van der Waals surface area contributed by atoms with Crippen LogP contribution in [0.5, 0.6) is 5.75 Å². The number of halogens is 2. The van der Waals surface area contributed by atoms with Gasteiger partial charge in [0.15, 0.2) is 6.10 Å². The molecule has 0 spiro atoms. The minimum Gasteiger partial charge on any atom is -0.433 e. The van der Waals surface area contributed by atoms with Gasteiger partial charge in [0.05, 0.1) is 5.69 Å². The summed E-state index contributed by atoms with van der Waals surface area (Å²) in [5.74, 6) is -0.626. The van der Waals surface area contributed by atoms with Gasteiger partial charge in [0.2, 0.25) is 0 Å². The lowest BCUT2D eigenvalue weighted by Gasteiger charge is -2.11. The first-order valence-electron chi connectivity index (χ1n) is 7.26. The van der Waals surface area contributed by atoms with Crippen LogP contribution < -0.4 is 10.1 Å². The molecule has 1 N–H and O–H groups in total. The Kier molecular flexibility index (Phi) is 4.69. The maximum atomic E-state index is 12.4. The van der Waals surface area contributed by atoms with Crippen molar-refractivity contribution in [1.29, 1.82) is 0 Å². The van der Waals surface area contributed by atoms with E-state index in [0.29, 0.717) is 6.42 Å². The van der Waals surface area contributed by atoms with E-state index in [2.05, 4.69) is 15.2 Å². The molecule has 2 aromatic rings. The van der Waals surface area contributed by atoms with Gasteiger partial charge in [-0.15, -0.1) is 0 Å². The third kappa shape index (κ3) is 3.68. The zero-order chi connectivity index (χ0) is 16.9. The molecule has 0 bridgehead atoms. The number of rotatable bonds is 5. The Bertz CT molecular complexity index is 751. The molecular weight excluding hydrogens is 318 g/mol. The standard InChI is InChI=1S/C17H14F2N2O3/c18-17(19)23-14-9-5-4-8-12(14)20-16(22)13-10-15(24-21-13)11-6-2-1-3-7-11/h1-9,15,17H,10H2,(H,20,22). The molecule has 7 heteroatoms. The zero-order valence-electron chi connectivity index (χ0n) is 12.5. The number of hydrogen-bond donors (Lipinski definition) is 1. The first kappa shape index (κ1) is 15.9. The molecule has 0 aliphatic carbocycles. The number of amides is 1. The fourth-order valence-corrected chi connectivity index (χ4v) is 2.32. The average Bonchev–Trinajstić information content (AvgIpc) is 3.07. The molecule has 0 aromatic heterocycles. The van der Waals surface area contributed by atoms with Crippen LogP contribution >= 0.6 is 0 Å². The number of nitrogens with one attached hydrogen (secondary N) is 1. The van der Waals surface area contributed by atoms with Gasteiger partial charge in [-0.1, -0.05) is 47.6 Å². The molecule has 1 amide bonds. The molecule has 5 nitrogen and oxygen atoms in total. The Labute approximate surface area is 136 Å². The molecule has 1 aliphatic heterocycles. The van der Waals surface area contributed by atoms with Gasteiger partial charge in [-0.2, -0.15) is 8.78 Å². The number of oxime groups is 1. The lowest BCUT2D eigenvalue weighted by Crippen LogP contribution is -2.22. The number of anilines is 1. The summed E-state index contributed by atoms with van der Waals surface area (Å²) in [6.07, 6.45) is -0.0345. The lowest BCUT2D eigenvalue weighted by molar-refractivity contribution is -0.110. The Morgan fingerprint density at radius 2 is 1.88 bits per heavy atom. The predicted octanol–water partition coefficient (Wildman–Crippen LogP) is 3.74. The highest BCUT2D eigenvalue weighted by Gasteiger charge is 2.27. The molecule has 0 fully saturated rings. The van der Waals surface area contributed by atoms with E-state index in [4.69, 9.17) is 4.84 Å². The average molecular weight is 332 g/mol. The van der Waals surface area contributed by atoms with Crippen LogP contribution in [0.1, 0.15) is 18.1 Å². The third-order valence-corrected chi connectivity index (χ3v) is 3.45. The molecule has 1 heterocycles. The van der Waals surface area contributed by atoms with Crippen molar-refractivity contribution in [2.45, 2.75) is 19.1 Å². The maximum absolute atomic E-state index is 12.4. The summed E-state index contributed by atoms with van der Waals surface area (Å²) in [6, 6.07) is 15.3. The maximum Gasteiger partial charge on any atom is 0.387 e.